The molecule has 1 aliphatic rings. The molecule has 4 heterocycles. The fourth-order valence-electron chi connectivity index (χ4n) is 3.40. The van der Waals surface area contributed by atoms with Gasteiger partial charge in [0.25, 0.3) is 0 Å². The molecule has 0 saturated carbocycles. The van der Waals surface area contributed by atoms with E-state index in [0.29, 0.717) is 6.54 Å². The van der Waals surface area contributed by atoms with E-state index in [2.05, 4.69) is 39.2 Å². The molecule has 0 bridgehead atoms. The van der Waals surface area contributed by atoms with Crippen molar-refractivity contribution in [3.05, 3.63) is 68.4 Å². The fourth-order valence-corrected chi connectivity index (χ4v) is 5.18. The minimum atomic E-state index is -0.121. The van der Waals surface area contributed by atoms with Crippen LogP contribution in [0, 0.1) is 0 Å². The van der Waals surface area contributed by atoms with Crippen LogP contribution in [0.5, 0.6) is 0 Å². The van der Waals surface area contributed by atoms with Crippen molar-refractivity contribution in [2.24, 2.45) is 0 Å². The molecule has 0 aromatic carbocycles. The van der Waals surface area contributed by atoms with Crippen molar-refractivity contribution >= 4 is 28.6 Å². The maximum absolute atomic E-state index is 12.6. The molecule has 130 valence electrons. The molecule has 2 atom stereocenters. The van der Waals surface area contributed by atoms with Crippen LogP contribution < -0.4 is 5.32 Å². The average Bonchev–Trinajstić information content (AvgIpc) is 3.35. The summed E-state index contributed by atoms with van der Waals surface area (Å²) in [6.07, 6.45) is 2.64. The van der Waals surface area contributed by atoms with Crippen LogP contribution in [0.4, 0.5) is 0 Å². The highest BCUT2D eigenvalue weighted by Crippen LogP contribution is 2.39. The molecule has 4 nitrogen and oxygen atoms in total. The Labute approximate surface area is 155 Å². The monoisotopic (exact) mass is 372 g/mol. The Hall–Kier alpha value is -1.89. The second-order valence-electron chi connectivity index (χ2n) is 6.24. The van der Waals surface area contributed by atoms with Crippen molar-refractivity contribution in [3.63, 3.8) is 0 Å². The smallest absolute Gasteiger partial charge is 0.234 e. The number of nitrogens with zero attached hydrogens (tertiary/aromatic N) is 1. The zero-order chi connectivity index (χ0) is 17.2. The van der Waals surface area contributed by atoms with Crippen molar-refractivity contribution in [2.45, 2.75) is 25.4 Å². The number of hydrogen-bond donors (Lipinski definition) is 1. The van der Waals surface area contributed by atoms with Gasteiger partial charge in [-0.15, -0.1) is 22.7 Å². The van der Waals surface area contributed by atoms with Gasteiger partial charge in [0.15, 0.2) is 0 Å². The first-order chi connectivity index (χ1) is 12.2. The van der Waals surface area contributed by atoms with Crippen LogP contribution in [-0.2, 0) is 11.2 Å². The molecule has 1 amide bonds. The molecule has 3 aromatic rings. The van der Waals surface area contributed by atoms with Gasteiger partial charge in [0.1, 0.15) is 5.76 Å². The number of nitrogens with one attached hydrogen (secondary N) is 1. The summed E-state index contributed by atoms with van der Waals surface area (Å²) in [7, 11) is 0. The lowest BCUT2D eigenvalue weighted by molar-refractivity contribution is -0.123. The summed E-state index contributed by atoms with van der Waals surface area (Å²) in [6.45, 7) is 3.24. The zero-order valence-corrected chi connectivity index (χ0v) is 15.6. The van der Waals surface area contributed by atoms with Crippen LogP contribution in [0.25, 0.3) is 0 Å². The quantitative estimate of drug-likeness (QED) is 0.729. The zero-order valence-electron chi connectivity index (χ0n) is 14.0. The van der Waals surface area contributed by atoms with E-state index in [0.717, 1.165) is 18.7 Å². The lowest BCUT2D eigenvalue weighted by Crippen LogP contribution is -2.43. The molecular formula is C19H20N2O2S2. The maximum atomic E-state index is 12.6. The minimum Gasteiger partial charge on any atom is -0.467 e. The summed E-state index contributed by atoms with van der Waals surface area (Å²) in [5, 5.41) is 7.31. The fraction of sp³-hybridized carbons (Fsp3) is 0.316. The topological polar surface area (TPSA) is 45.5 Å². The van der Waals surface area contributed by atoms with E-state index >= 15 is 0 Å². The first-order valence-corrected chi connectivity index (χ1v) is 10.1. The summed E-state index contributed by atoms with van der Waals surface area (Å²) in [4.78, 5) is 17.6. The second-order valence-corrected chi connectivity index (χ2v) is 8.22. The number of fused-ring (bicyclic) bond motifs is 1. The van der Waals surface area contributed by atoms with Crippen LogP contribution >= 0.6 is 22.7 Å². The van der Waals surface area contributed by atoms with Gasteiger partial charge < -0.3 is 9.73 Å². The lowest BCUT2D eigenvalue weighted by atomic mass is 9.98. The standard InChI is InChI=1S/C19H20N2O2S2/c1-13(15-4-2-9-23-15)20-18(22)12-21-8-6-16-14(7-11-25-16)19(21)17-5-3-10-24-17/h2-5,7,9-11,13,19H,6,8,12H2,1H3,(H,20,22). The van der Waals surface area contributed by atoms with E-state index in [9.17, 15) is 4.79 Å². The summed E-state index contributed by atoms with van der Waals surface area (Å²) < 4.78 is 5.38. The number of hydrogen-bond acceptors (Lipinski definition) is 5. The van der Waals surface area contributed by atoms with Gasteiger partial charge >= 0.3 is 0 Å². The first-order valence-electron chi connectivity index (χ1n) is 8.39. The molecule has 6 heteroatoms. The number of carbonyl (C=O) groups excluding carboxylic acids is 1. The summed E-state index contributed by atoms with van der Waals surface area (Å²) in [6, 6.07) is 10.2. The van der Waals surface area contributed by atoms with Crippen LogP contribution in [0.2, 0.25) is 0 Å². The van der Waals surface area contributed by atoms with Crippen LogP contribution in [0.3, 0.4) is 0 Å². The lowest BCUT2D eigenvalue weighted by Gasteiger charge is -2.35. The van der Waals surface area contributed by atoms with Gasteiger partial charge in [-0.3, -0.25) is 9.69 Å². The molecule has 0 aliphatic carbocycles. The van der Waals surface area contributed by atoms with Gasteiger partial charge in [-0.1, -0.05) is 6.07 Å². The Morgan fingerprint density at radius 1 is 1.32 bits per heavy atom. The Bertz CT molecular complexity index is 824. The van der Waals surface area contributed by atoms with E-state index in [1.165, 1.54) is 15.3 Å². The molecule has 0 spiro atoms. The Kier molecular flexibility index (Phi) is 4.74. The van der Waals surface area contributed by atoms with Crippen LogP contribution in [0.1, 0.15) is 40.1 Å². The molecule has 1 aliphatic heterocycles. The largest absolute Gasteiger partial charge is 0.467 e. The molecular weight excluding hydrogens is 352 g/mol. The number of rotatable bonds is 5. The molecule has 2 unspecified atom stereocenters. The van der Waals surface area contributed by atoms with E-state index < -0.39 is 0 Å². The normalized spacial score (nSPS) is 18.7. The maximum Gasteiger partial charge on any atom is 0.234 e. The highest BCUT2D eigenvalue weighted by molar-refractivity contribution is 7.10. The first kappa shape index (κ1) is 16.6. The van der Waals surface area contributed by atoms with Crippen molar-refractivity contribution in [3.8, 4) is 0 Å². The molecule has 0 fully saturated rings. The predicted molar refractivity (Wildman–Crippen MR) is 101 cm³/mol. The third-order valence-electron chi connectivity index (χ3n) is 4.57. The van der Waals surface area contributed by atoms with Gasteiger partial charge in [-0.2, -0.15) is 0 Å². The Morgan fingerprint density at radius 2 is 2.24 bits per heavy atom. The molecule has 0 saturated heterocycles. The van der Waals surface area contributed by atoms with Crippen molar-refractivity contribution in [1.82, 2.24) is 10.2 Å². The molecule has 0 radical (unpaired) electrons. The summed E-state index contributed by atoms with van der Waals surface area (Å²) in [5.74, 6) is 0.811. The highest BCUT2D eigenvalue weighted by Gasteiger charge is 2.31. The molecule has 3 aromatic heterocycles. The van der Waals surface area contributed by atoms with E-state index in [1.807, 2.05) is 30.4 Å². The van der Waals surface area contributed by atoms with E-state index in [-0.39, 0.29) is 18.0 Å². The van der Waals surface area contributed by atoms with Crippen LogP contribution in [-0.4, -0.2) is 23.9 Å². The number of carbonyl (C=O) groups is 1. The summed E-state index contributed by atoms with van der Waals surface area (Å²) in [5.41, 5.74) is 1.35. The number of amides is 1. The third-order valence-corrected chi connectivity index (χ3v) is 6.49. The SMILES string of the molecule is CC(NC(=O)CN1CCc2sccc2C1c1cccs1)c1ccco1. The van der Waals surface area contributed by atoms with Gasteiger partial charge in [-0.25, -0.2) is 0 Å². The van der Waals surface area contributed by atoms with Crippen LogP contribution in [0.15, 0.2) is 51.8 Å². The summed E-state index contributed by atoms with van der Waals surface area (Å²) >= 11 is 3.58. The van der Waals surface area contributed by atoms with E-state index in [1.54, 1.807) is 17.6 Å². The molecule has 25 heavy (non-hydrogen) atoms. The molecule has 1 N–H and O–H groups in total. The highest BCUT2D eigenvalue weighted by atomic mass is 32.1. The van der Waals surface area contributed by atoms with Gasteiger partial charge in [0.2, 0.25) is 5.91 Å². The van der Waals surface area contributed by atoms with Crippen molar-refractivity contribution in [1.29, 1.82) is 0 Å². The third kappa shape index (κ3) is 3.42. The Morgan fingerprint density at radius 3 is 3.00 bits per heavy atom. The average molecular weight is 373 g/mol. The van der Waals surface area contributed by atoms with Crippen molar-refractivity contribution < 1.29 is 9.21 Å². The Balaban J connectivity index is 1.50. The van der Waals surface area contributed by atoms with Crippen molar-refractivity contribution in [2.75, 3.05) is 13.1 Å². The molecule has 4 rings (SSSR count). The van der Waals surface area contributed by atoms with Gasteiger partial charge in [0.05, 0.1) is 24.9 Å². The van der Waals surface area contributed by atoms with Gasteiger partial charge in [0, 0.05) is 16.3 Å². The predicted octanol–water partition coefficient (Wildman–Crippen LogP) is 4.23. The van der Waals surface area contributed by atoms with E-state index in [4.69, 9.17) is 4.42 Å². The number of thiophene rings is 2. The minimum absolute atomic E-state index is 0.0316. The second kappa shape index (κ2) is 7.15. The number of furan rings is 1. The van der Waals surface area contributed by atoms with Gasteiger partial charge in [-0.05, 0) is 53.9 Å².